The normalized spacial score (nSPS) is 12.0. The minimum atomic E-state index is -0.536. The van der Waals surface area contributed by atoms with Crippen LogP contribution < -0.4 is 5.32 Å². The molecule has 1 atom stereocenters. The third-order valence-electron chi connectivity index (χ3n) is 3.03. The molecular weight excluding hydrogens is 288 g/mol. The molecule has 0 amide bonds. The summed E-state index contributed by atoms with van der Waals surface area (Å²) in [7, 11) is 0. The summed E-state index contributed by atoms with van der Waals surface area (Å²) >= 11 is 1.22. The van der Waals surface area contributed by atoms with Gasteiger partial charge >= 0.3 is 5.97 Å². The van der Waals surface area contributed by atoms with Gasteiger partial charge in [0, 0.05) is 13.0 Å². The van der Waals surface area contributed by atoms with Gasteiger partial charge in [0.15, 0.2) is 16.6 Å². The number of anilines is 1. The van der Waals surface area contributed by atoms with Crippen LogP contribution in [-0.4, -0.2) is 29.4 Å². The first-order valence-corrected chi connectivity index (χ1v) is 8.26. The van der Waals surface area contributed by atoms with Gasteiger partial charge in [-0.25, -0.2) is 9.78 Å². The van der Waals surface area contributed by atoms with Crippen molar-refractivity contribution in [2.24, 2.45) is 0 Å². The van der Waals surface area contributed by atoms with E-state index in [0.717, 1.165) is 12.8 Å². The molecule has 0 aromatic carbocycles. The third kappa shape index (κ3) is 5.46. The number of hydrogen-bond donors (Lipinski definition) is 1. The van der Waals surface area contributed by atoms with Gasteiger partial charge in [0.1, 0.15) is 4.88 Å². The lowest BCUT2D eigenvalue weighted by molar-refractivity contribution is 0.0517. The molecule has 5 nitrogen and oxygen atoms in total. The molecule has 6 heteroatoms. The molecule has 0 fully saturated rings. The third-order valence-corrected chi connectivity index (χ3v) is 4.11. The van der Waals surface area contributed by atoms with Gasteiger partial charge in [-0.1, -0.05) is 37.5 Å². The van der Waals surface area contributed by atoms with Crippen LogP contribution in [0.1, 0.15) is 73.5 Å². The standard InChI is InChI=1S/C15H24N2O3S/c1-5-7-8-9-10(3)16-15-17-12(14(19)20-6-2)13(21-15)11(4)18/h10H,5-9H2,1-4H3,(H,16,17). The molecule has 118 valence electrons. The Balaban J connectivity index is 2.77. The summed E-state index contributed by atoms with van der Waals surface area (Å²) in [4.78, 5) is 28.0. The van der Waals surface area contributed by atoms with E-state index < -0.39 is 5.97 Å². The van der Waals surface area contributed by atoms with Gasteiger partial charge in [-0.3, -0.25) is 4.79 Å². The number of ether oxygens (including phenoxy) is 1. The van der Waals surface area contributed by atoms with E-state index in [1.54, 1.807) is 6.92 Å². The predicted molar refractivity (Wildman–Crippen MR) is 85.3 cm³/mol. The summed E-state index contributed by atoms with van der Waals surface area (Å²) in [6, 6.07) is 0.262. The van der Waals surface area contributed by atoms with Crippen LogP contribution in [0.4, 0.5) is 5.13 Å². The molecule has 0 aliphatic carbocycles. The van der Waals surface area contributed by atoms with Gasteiger partial charge in [-0.05, 0) is 20.3 Å². The highest BCUT2D eigenvalue weighted by Crippen LogP contribution is 2.25. The zero-order chi connectivity index (χ0) is 15.8. The minimum Gasteiger partial charge on any atom is -0.461 e. The fourth-order valence-electron chi connectivity index (χ4n) is 1.94. The van der Waals surface area contributed by atoms with Gasteiger partial charge in [0.25, 0.3) is 0 Å². The second-order valence-corrected chi connectivity index (χ2v) is 6.01. The molecule has 0 saturated heterocycles. The van der Waals surface area contributed by atoms with Crippen molar-refractivity contribution in [2.75, 3.05) is 11.9 Å². The first-order chi connectivity index (χ1) is 9.99. The molecule has 1 aromatic heterocycles. The van der Waals surface area contributed by atoms with Crippen molar-refractivity contribution >= 4 is 28.2 Å². The van der Waals surface area contributed by atoms with Crippen molar-refractivity contribution in [2.45, 2.75) is 59.4 Å². The Morgan fingerprint density at radius 2 is 2.05 bits per heavy atom. The minimum absolute atomic E-state index is 0.123. The van der Waals surface area contributed by atoms with Crippen molar-refractivity contribution in [1.29, 1.82) is 0 Å². The lowest BCUT2D eigenvalue weighted by atomic mass is 10.1. The highest BCUT2D eigenvalue weighted by Gasteiger charge is 2.22. The Kier molecular flexibility index (Phi) is 7.36. The number of nitrogens with zero attached hydrogens (tertiary/aromatic N) is 1. The Morgan fingerprint density at radius 3 is 2.62 bits per heavy atom. The highest BCUT2D eigenvalue weighted by molar-refractivity contribution is 7.17. The number of carbonyl (C=O) groups is 2. The van der Waals surface area contributed by atoms with E-state index in [1.807, 2.05) is 0 Å². The number of unbranched alkanes of at least 4 members (excludes halogenated alkanes) is 2. The number of hydrogen-bond acceptors (Lipinski definition) is 6. The van der Waals surface area contributed by atoms with Crippen molar-refractivity contribution < 1.29 is 14.3 Å². The van der Waals surface area contributed by atoms with Gasteiger partial charge < -0.3 is 10.1 Å². The van der Waals surface area contributed by atoms with E-state index in [-0.39, 0.29) is 24.1 Å². The molecule has 1 rings (SSSR count). The van der Waals surface area contributed by atoms with Crippen molar-refractivity contribution in [3.05, 3.63) is 10.6 Å². The molecule has 1 aromatic rings. The summed E-state index contributed by atoms with van der Waals surface area (Å²) in [5.41, 5.74) is 0.123. The first-order valence-electron chi connectivity index (χ1n) is 7.44. The molecule has 0 saturated carbocycles. The summed E-state index contributed by atoms with van der Waals surface area (Å²) in [6.45, 7) is 7.68. The number of aromatic nitrogens is 1. The Bertz CT molecular complexity index is 485. The maximum Gasteiger partial charge on any atom is 0.358 e. The number of ketones is 1. The van der Waals surface area contributed by atoms with Crippen LogP contribution in [0.25, 0.3) is 0 Å². The van der Waals surface area contributed by atoms with Crippen LogP contribution in [0, 0.1) is 0 Å². The van der Waals surface area contributed by atoms with E-state index in [4.69, 9.17) is 4.74 Å². The Morgan fingerprint density at radius 1 is 1.33 bits per heavy atom. The second kappa shape index (κ2) is 8.77. The number of rotatable bonds is 9. The molecule has 1 unspecified atom stereocenters. The molecule has 0 spiro atoms. The molecule has 0 radical (unpaired) electrons. The first kappa shape index (κ1) is 17.6. The van der Waals surface area contributed by atoms with Gasteiger partial charge in [0.2, 0.25) is 0 Å². The maximum absolute atomic E-state index is 11.8. The lowest BCUT2D eigenvalue weighted by Gasteiger charge is -2.11. The van der Waals surface area contributed by atoms with Crippen LogP contribution in [0.2, 0.25) is 0 Å². The smallest absolute Gasteiger partial charge is 0.358 e. The highest BCUT2D eigenvalue weighted by atomic mass is 32.1. The van der Waals surface area contributed by atoms with E-state index in [0.29, 0.717) is 10.0 Å². The topological polar surface area (TPSA) is 68.3 Å². The van der Waals surface area contributed by atoms with Crippen molar-refractivity contribution in [3.63, 3.8) is 0 Å². The quantitative estimate of drug-likeness (QED) is 0.425. The summed E-state index contributed by atoms with van der Waals surface area (Å²) in [5.74, 6) is -0.701. The Labute approximate surface area is 130 Å². The summed E-state index contributed by atoms with van der Waals surface area (Å²) in [5, 5.41) is 3.86. The zero-order valence-electron chi connectivity index (χ0n) is 13.2. The maximum atomic E-state index is 11.8. The largest absolute Gasteiger partial charge is 0.461 e. The summed E-state index contributed by atoms with van der Waals surface area (Å²) in [6.07, 6.45) is 4.58. The average Bonchev–Trinajstić information content (AvgIpc) is 2.83. The van der Waals surface area contributed by atoms with Crippen LogP contribution >= 0.6 is 11.3 Å². The average molecular weight is 312 g/mol. The number of carbonyl (C=O) groups excluding carboxylic acids is 2. The molecule has 1 N–H and O–H groups in total. The second-order valence-electron chi connectivity index (χ2n) is 5.01. The number of Topliss-reactive ketones (excluding diaryl/α,β-unsaturated/α-hetero) is 1. The van der Waals surface area contributed by atoms with E-state index in [2.05, 4.69) is 24.1 Å². The number of nitrogens with one attached hydrogen (secondary N) is 1. The molecule has 0 aliphatic rings. The zero-order valence-corrected chi connectivity index (χ0v) is 14.0. The number of thiazole rings is 1. The van der Waals surface area contributed by atoms with Gasteiger partial charge in [-0.2, -0.15) is 0 Å². The number of esters is 1. The van der Waals surface area contributed by atoms with E-state index in [9.17, 15) is 9.59 Å². The van der Waals surface area contributed by atoms with Gasteiger partial charge in [0.05, 0.1) is 6.61 Å². The SMILES string of the molecule is CCCCCC(C)Nc1nc(C(=O)OCC)c(C(C)=O)s1. The van der Waals surface area contributed by atoms with Gasteiger partial charge in [-0.15, -0.1) is 0 Å². The van der Waals surface area contributed by atoms with E-state index >= 15 is 0 Å². The molecular formula is C15H24N2O3S. The van der Waals surface area contributed by atoms with Crippen LogP contribution in [0.3, 0.4) is 0 Å². The van der Waals surface area contributed by atoms with Crippen molar-refractivity contribution in [1.82, 2.24) is 4.98 Å². The molecule has 0 bridgehead atoms. The van der Waals surface area contributed by atoms with Crippen molar-refractivity contribution in [3.8, 4) is 0 Å². The molecule has 21 heavy (non-hydrogen) atoms. The fourth-order valence-corrected chi connectivity index (χ4v) is 2.90. The lowest BCUT2D eigenvalue weighted by Crippen LogP contribution is -2.15. The monoisotopic (exact) mass is 312 g/mol. The van der Waals surface area contributed by atoms with Crippen LogP contribution in [-0.2, 0) is 4.74 Å². The Hall–Kier alpha value is -1.43. The molecule has 0 aliphatic heterocycles. The van der Waals surface area contributed by atoms with Crippen LogP contribution in [0.15, 0.2) is 0 Å². The predicted octanol–water partition coefficient (Wildman–Crippen LogP) is 3.90. The molecule has 1 heterocycles. The fraction of sp³-hybridized carbons (Fsp3) is 0.667. The van der Waals surface area contributed by atoms with E-state index in [1.165, 1.54) is 31.1 Å². The van der Waals surface area contributed by atoms with Crippen LogP contribution in [0.5, 0.6) is 0 Å². The summed E-state index contributed by atoms with van der Waals surface area (Å²) < 4.78 is 4.94.